The second kappa shape index (κ2) is 4.88. The van der Waals surface area contributed by atoms with Crippen LogP contribution in [0.25, 0.3) is 0 Å². The third-order valence-corrected chi connectivity index (χ3v) is 3.75. The molecule has 0 aliphatic heterocycles. The van der Waals surface area contributed by atoms with Gasteiger partial charge in [-0.15, -0.1) is 0 Å². The molecule has 2 rings (SSSR count). The lowest BCUT2D eigenvalue weighted by Gasteiger charge is -1.95. The molecule has 1 aliphatic carbocycles. The van der Waals surface area contributed by atoms with Crippen LogP contribution < -0.4 is 0 Å². The van der Waals surface area contributed by atoms with Gasteiger partial charge in [0.2, 0.25) is 5.89 Å². The highest BCUT2D eigenvalue weighted by atomic mass is 32.2. The molecule has 1 aromatic rings. The van der Waals surface area contributed by atoms with Gasteiger partial charge in [0.1, 0.15) is 5.75 Å². The second-order valence-electron chi connectivity index (χ2n) is 3.96. The zero-order valence-electron chi connectivity index (χ0n) is 8.94. The molecule has 0 saturated heterocycles. The van der Waals surface area contributed by atoms with Gasteiger partial charge in [0.25, 0.3) is 0 Å². The maximum atomic E-state index is 11.5. The van der Waals surface area contributed by atoms with E-state index in [0.29, 0.717) is 17.6 Å². The minimum Gasteiger partial charge on any atom is -0.338 e. The van der Waals surface area contributed by atoms with E-state index in [2.05, 4.69) is 17.1 Å². The van der Waals surface area contributed by atoms with E-state index in [1.165, 1.54) is 0 Å². The topological polar surface area (TPSA) is 56.0 Å². The fourth-order valence-electron chi connectivity index (χ4n) is 1.35. The van der Waals surface area contributed by atoms with E-state index in [4.69, 9.17) is 4.52 Å². The van der Waals surface area contributed by atoms with Gasteiger partial charge in [-0.05, 0) is 19.3 Å². The van der Waals surface area contributed by atoms with Gasteiger partial charge in [0, 0.05) is 22.5 Å². The standard InChI is InChI=1S/C10H16N2O2S/c1-2-3-6-15(13)7-9-11-10(12-14-9)8-4-5-8/h8H,2-7H2,1H3/t15-/m1/s1. The molecule has 1 aliphatic rings. The Kier molecular flexibility index (Phi) is 3.51. The summed E-state index contributed by atoms with van der Waals surface area (Å²) in [4.78, 5) is 4.25. The van der Waals surface area contributed by atoms with E-state index in [1.807, 2.05) is 0 Å². The van der Waals surface area contributed by atoms with Crippen molar-refractivity contribution >= 4 is 10.8 Å². The molecule has 0 bridgehead atoms. The van der Waals surface area contributed by atoms with Crippen molar-refractivity contribution in [1.29, 1.82) is 0 Å². The molecule has 84 valence electrons. The van der Waals surface area contributed by atoms with Crippen LogP contribution in [-0.4, -0.2) is 20.1 Å². The fraction of sp³-hybridized carbons (Fsp3) is 0.800. The van der Waals surface area contributed by atoms with E-state index in [9.17, 15) is 4.21 Å². The van der Waals surface area contributed by atoms with Gasteiger partial charge in [-0.3, -0.25) is 4.21 Å². The van der Waals surface area contributed by atoms with Gasteiger partial charge in [-0.1, -0.05) is 18.5 Å². The Bertz CT molecular complexity index is 347. The Morgan fingerprint density at radius 2 is 2.33 bits per heavy atom. The van der Waals surface area contributed by atoms with Gasteiger partial charge >= 0.3 is 0 Å². The van der Waals surface area contributed by atoms with E-state index < -0.39 is 10.8 Å². The average molecular weight is 228 g/mol. The Balaban J connectivity index is 1.84. The molecule has 1 saturated carbocycles. The van der Waals surface area contributed by atoms with Crippen LogP contribution in [0.3, 0.4) is 0 Å². The van der Waals surface area contributed by atoms with Crippen LogP contribution in [0, 0.1) is 0 Å². The van der Waals surface area contributed by atoms with Gasteiger partial charge in [-0.2, -0.15) is 4.98 Å². The van der Waals surface area contributed by atoms with Gasteiger partial charge in [-0.25, -0.2) is 0 Å². The fourth-order valence-corrected chi connectivity index (χ4v) is 2.50. The normalized spacial score (nSPS) is 17.9. The van der Waals surface area contributed by atoms with Gasteiger partial charge in [0.05, 0.1) is 0 Å². The van der Waals surface area contributed by atoms with Gasteiger partial charge < -0.3 is 4.52 Å². The third-order valence-electron chi connectivity index (χ3n) is 2.44. The maximum absolute atomic E-state index is 11.5. The first-order valence-corrected chi connectivity index (χ1v) is 6.96. The minimum absolute atomic E-state index is 0.416. The zero-order chi connectivity index (χ0) is 10.7. The second-order valence-corrected chi connectivity index (χ2v) is 5.54. The Hall–Kier alpha value is -0.710. The van der Waals surface area contributed by atoms with Crippen molar-refractivity contribution in [2.24, 2.45) is 0 Å². The Labute approximate surface area is 91.9 Å². The van der Waals surface area contributed by atoms with Gasteiger partial charge in [0.15, 0.2) is 5.82 Å². The van der Waals surface area contributed by atoms with E-state index in [1.54, 1.807) is 0 Å². The number of hydrogen-bond acceptors (Lipinski definition) is 4. The van der Waals surface area contributed by atoms with Crippen LogP contribution in [-0.2, 0) is 16.6 Å². The maximum Gasteiger partial charge on any atom is 0.239 e. The molecule has 15 heavy (non-hydrogen) atoms. The highest BCUT2D eigenvalue weighted by molar-refractivity contribution is 7.84. The molecule has 1 atom stereocenters. The van der Waals surface area contributed by atoms with Crippen LogP contribution >= 0.6 is 0 Å². The van der Waals surface area contributed by atoms with Crippen LogP contribution in [0.2, 0.25) is 0 Å². The van der Waals surface area contributed by atoms with Crippen molar-refractivity contribution in [3.8, 4) is 0 Å². The van der Waals surface area contributed by atoms with E-state index in [-0.39, 0.29) is 0 Å². The molecule has 0 N–H and O–H groups in total. The highest BCUT2D eigenvalue weighted by Crippen LogP contribution is 2.38. The van der Waals surface area contributed by atoms with Crippen LogP contribution in [0.15, 0.2) is 4.52 Å². The molecular weight excluding hydrogens is 212 g/mol. The van der Waals surface area contributed by atoms with Crippen molar-refractivity contribution in [1.82, 2.24) is 10.1 Å². The predicted octanol–water partition coefficient (Wildman–Crippen LogP) is 2.00. The first-order valence-electron chi connectivity index (χ1n) is 5.47. The monoisotopic (exact) mass is 228 g/mol. The molecule has 0 radical (unpaired) electrons. The predicted molar refractivity (Wildman–Crippen MR) is 57.9 cm³/mol. The molecule has 4 nitrogen and oxygen atoms in total. The lowest BCUT2D eigenvalue weighted by Crippen LogP contribution is -2.01. The Morgan fingerprint density at radius 3 is 3.00 bits per heavy atom. The molecule has 0 aromatic carbocycles. The summed E-state index contributed by atoms with van der Waals surface area (Å²) in [6.07, 6.45) is 4.40. The summed E-state index contributed by atoms with van der Waals surface area (Å²) in [5, 5.41) is 3.89. The molecule has 1 heterocycles. The third kappa shape index (κ3) is 3.12. The summed E-state index contributed by atoms with van der Waals surface area (Å²) in [5.41, 5.74) is 0. The summed E-state index contributed by atoms with van der Waals surface area (Å²) < 4.78 is 16.6. The summed E-state index contributed by atoms with van der Waals surface area (Å²) in [6.45, 7) is 2.09. The quantitative estimate of drug-likeness (QED) is 0.747. The number of rotatable bonds is 6. The van der Waals surface area contributed by atoms with Crippen molar-refractivity contribution in [3.63, 3.8) is 0 Å². The van der Waals surface area contributed by atoms with Crippen molar-refractivity contribution in [3.05, 3.63) is 11.7 Å². The largest absolute Gasteiger partial charge is 0.338 e. The summed E-state index contributed by atoms with van der Waals surface area (Å²) in [7, 11) is -0.847. The number of unbranched alkanes of at least 4 members (excludes halogenated alkanes) is 1. The first kappa shape index (κ1) is 10.8. The molecule has 1 aromatic heterocycles. The van der Waals surface area contributed by atoms with Crippen molar-refractivity contribution in [2.75, 3.05) is 5.75 Å². The van der Waals surface area contributed by atoms with Crippen molar-refractivity contribution < 1.29 is 8.73 Å². The van der Waals surface area contributed by atoms with Crippen molar-refractivity contribution in [2.45, 2.75) is 44.3 Å². The molecule has 0 amide bonds. The van der Waals surface area contributed by atoms with Crippen LogP contribution in [0.4, 0.5) is 0 Å². The summed E-state index contributed by atoms with van der Waals surface area (Å²) >= 11 is 0. The number of nitrogens with zero attached hydrogens (tertiary/aromatic N) is 2. The lowest BCUT2D eigenvalue weighted by atomic mass is 10.4. The minimum atomic E-state index is -0.847. The number of aromatic nitrogens is 2. The van der Waals surface area contributed by atoms with E-state index >= 15 is 0 Å². The molecule has 0 spiro atoms. The molecule has 5 heteroatoms. The lowest BCUT2D eigenvalue weighted by molar-refractivity contribution is 0.384. The van der Waals surface area contributed by atoms with E-state index in [0.717, 1.165) is 37.3 Å². The smallest absolute Gasteiger partial charge is 0.239 e. The van der Waals surface area contributed by atoms with Crippen LogP contribution in [0.1, 0.15) is 50.2 Å². The average Bonchev–Trinajstić information content (AvgIpc) is 2.98. The first-order chi connectivity index (χ1) is 7.29. The van der Waals surface area contributed by atoms with Crippen LogP contribution in [0.5, 0.6) is 0 Å². The summed E-state index contributed by atoms with van der Waals surface area (Å²) in [5.74, 6) is 2.99. The molecule has 1 fully saturated rings. The number of hydrogen-bond donors (Lipinski definition) is 0. The Morgan fingerprint density at radius 1 is 1.53 bits per heavy atom. The molecule has 0 unspecified atom stereocenters. The SMILES string of the molecule is CCCC[S@@](=O)Cc1nc(C2CC2)no1. The highest BCUT2D eigenvalue weighted by Gasteiger charge is 2.28. The molecular formula is C10H16N2O2S. The zero-order valence-corrected chi connectivity index (χ0v) is 9.76. The summed E-state index contributed by atoms with van der Waals surface area (Å²) in [6, 6.07) is 0.